The lowest BCUT2D eigenvalue weighted by atomic mass is 10.2. The van der Waals surface area contributed by atoms with Crippen molar-refractivity contribution in [3.8, 4) is 0 Å². The Morgan fingerprint density at radius 1 is 1.27 bits per heavy atom. The lowest BCUT2D eigenvalue weighted by Crippen LogP contribution is -2.14. The van der Waals surface area contributed by atoms with Crippen molar-refractivity contribution in [2.75, 3.05) is 25.5 Å². The summed E-state index contributed by atoms with van der Waals surface area (Å²) >= 11 is 6.53. The van der Waals surface area contributed by atoms with Crippen molar-refractivity contribution in [1.29, 1.82) is 0 Å². The average molecular weight is 318 g/mol. The van der Waals surface area contributed by atoms with E-state index in [4.69, 9.17) is 11.6 Å². The van der Waals surface area contributed by atoms with Crippen molar-refractivity contribution in [2.45, 2.75) is 13.8 Å². The van der Waals surface area contributed by atoms with Crippen LogP contribution in [-0.4, -0.2) is 41.8 Å². The van der Waals surface area contributed by atoms with Gasteiger partial charge in [0.15, 0.2) is 5.82 Å². The summed E-state index contributed by atoms with van der Waals surface area (Å²) in [6.07, 6.45) is 6.79. The Morgan fingerprint density at radius 2 is 2.05 bits per heavy atom. The molecule has 2 rings (SSSR count). The molecule has 0 saturated heterocycles. The maximum absolute atomic E-state index is 6.53. The summed E-state index contributed by atoms with van der Waals surface area (Å²) in [6, 6.07) is 3.98. The minimum Gasteiger partial charge on any atom is -0.366 e. The number of aromatic nitrogens is 2. The second kappa shape index (κ2) is 7.22. The molecule has 0 fully saturated rings. The number of aryl methyl sites for hydroxylation is 1. The molecule has 0 atom stereocenters. The van der Waals surface area contributed by atoms with Crippen LogP contribution in [0.3, 0.4) is 0 Å². The summed E-state index contributed by atoms with van der Waals surface area (Å²) in [5.74, 6) is 0.732. The minimum atomic E-state index is 0.597. The second-order valence-corrected chi connectivity index (χ2v) is 5.44. The molecular weight excluding hydrogens is 298 g/mol. The van der Waals surface area contributed by atoms with E-state index in [1.54, 1.807) is 24.9 Å². The fraction of sp³-hybridized carbons (Fsp3) is 0.312. The number of halogens is 1. The number of rotatable bonds is 5. The summed E-state index contributed by atoms with van der Waals surface area (Å²) in [6.45, 7) is 4.98. The molecule has 1 aromatic heterocycles. The Hall–Kier alpha value is -2.14. The zero-order valence-electron chi connectivity index (χ0n) is 13.3. The van der Waals surface area contributed by atoms with E-state index in [1.165, 1.54) is 0 Å². The van der Waals surface area contributed by atoms with Crippen LogP contribution in [-0.2, 0) is 0 Å². The molecule has 1 heterocycles. The van der Waals surface area contributed by atoms with Gasteiger partial charge in [-0.1, -0.05) is 11.6 Å². The second-order valence-electron chi connectivity index (χ2n) is 5.06. The normalized spacial score (nSPS) is 11.0. The van der Waals surface area contributed by atoms with E-state index in [9.17, 15) is 0 Å². The third-order valence-corrected chi connectivity index (χ3v) is 3.71. The molecule has 22 heavy (non-hydrogen) atoms. The molecule has 0 saturated carbocycles. The lowest BCUT2D eigenvalue weighted by Gasteiger charge is -2.20. The highest BCUT2D eigenvalue weighted by Crippen LogP contribution is 2.37. The summed E-state index contributed by atoms with van der Waals surface area (Å²) in [7, 11) is 3.89. The van der Waals surface area contributed by atoms with Gasteiger partial charge in [0, 0.05) is 33.0 Å². The van der Waals surface area contributed by atoms with Gasteiger partial charge in [-0.15, -0.1) is 0 Å². The third-order valence-electron chi connectivity index (χ3n) is 3.33. The van der Waals surface area contributed by atoms with Gasteiger partial charge in [-0.05, 0) is 31.5 Å². The van der Waals surface area contributed by atoms with Crippen molar-refractivity contribution in [2.24, 2.45) is 4.99 Å². The van der Waals surface area contributed by atoms with E-state index in [0.29, 0.717) is 5.02 Å². The smallest absolute Gasteiger partial charge is 0.151 e. The highest BCUT2D eigenvalue weighted by Gasteiger charge is 2.13. The standard InChI is InChI=1S/C16H20ClN5/c1-5-21(3)11-20-13-8-12(2)9-14(16(13)17)22(4)15-10-18-6-7-19-15/h6-11H,5H2,1-4H3. The molecule has 0 spiro atoms. The molecule has 0 aliphatic rings. The average Bonchev–Trinajstić information content (AvgIpc) is 2.55. The summed E-state index contributed by atoms with van der Waals surface area (Å²) in [4.78, 5) is 16.8. The topological polar surface area (TPSA) is 44.6 Å². The van der Waals surface area contributed by atoms with Crippen LogP contribution < -0.4 is 4.90 Å². The SMILES string of the molecule is CCN(C)C=Nc1cc(C)cc(N(C)c2cnccn2)c1Cl. The fourth-order valence-corrected chi connectivity index (χ4v) is 2.18. The zero-order valence-corrected chi connectivity index (χ0v) is 14.0. The molecule has 2 aromatic rings. The molecule has 0 aliphatic carbocycles. The van der Waals surface area contributed by atoms with E-state index in [0.717, 1.165) is 29.3 Å². The Balaban J connectivity index is 2.40. The fourth-order valence-electron chi connectivity index (χ4n) is 1.90. The molecule has 5 nitrogen and oxygen atoms in total. The Morgan fingerprint density at radius 3 is 2.68 bits per heavy atom. The summed E-state index contributed by atoms with van der Waals surface area (Å²) < 4.78 is 0. The van der Waals surface area contributed by atoms with Crippen LogP contribution in [0.5, 0.6) is 0 Å². The van der Waals surface area contributed by atoms with Gasteiger partial charge in [-0.2, -0.15) is 0 Å². The molecule has 116 valence electrons. The molecule has 0 bridgehead atoms. The van der Waals surface area contributed by atoms with Crippen molar-refractivity contribution in [3.05, 3.63) is 41.3 Å². The van der Waals surface area contributed by atoms with Gasteiger partial charge in [0.05, 0.1) is 28.9 Å². The van der Waals surface area contributed by atoms with Crippen molar-refractivity contribution < 1.29 is 0 Å². The van der Waals surface area contributed by atoms with Crippen molar-refractivity contribution in [3.63, 3.8) is 0 Å². The van der Waals surface area contributed by atoms with E-state index in [1.807, 2.05) is 43.0 Å². The first-order valence-electron chi connectivity index (χ1n) is 7.07. The maximum Gasteiger partial charge on any atom is 0.151 e. The maximum atomic E-state index is 6.53. The molecule has 0 radical (unpaired) electrons. The van der Waals surface area contributed by atoms with Crippen LogP contribution in [0.4, 0.5) is 17.2 Å². The Kier molecular flexibility index (Phi) is 5.33. The Labute approximate surface area is 136 Å². The highest BCUT2D eigenvalue weighted by molar-refractivity contribution is 6.36. The highest BCUT2D eigenvalue weighted by atomic mass is 35.5. The number of aliphatic imine (C=N–C) groups is 1. The molecule has 0 amide bonds. The van der Waals surface area contributed by atoms with Crippen LogP contribution in [0.15, 0.2) is 35.7 Å². The van der Waals surface area contributed by atoms with Gasteiger partial charge in [0.2, 0.25) is 0 Å². The first-order chi connectivity index (χ1) is 10.5. The quantitative estimate of drug-likeness (QED) is 0.621. The first kappa shape index (κ1) is 16.2. The largest absolute Gasteiger partial charge is 0.366 e. The summed E-state index contributed by atoms with van der Waals surface area (Å²) in [5, 5.41) is 0.597. The predicted octanol–water partition coefficient (Wildman–Crippen LogP) is 3.82. The summed E-state index contributed by atoms with van der Waals surface area (Å²) in [5.41, 5.74) is 2.68. The first-order valence-corrected chi connectivity index (χ1v) is 7.45. The number of hydrogen-bond acceptors (Lipinski definition) is 4. The van der Waals surface area contributed by atoms with Crippen LogP contribution >= 0.6 is 11.6 Å². The third kappa shape index (κ3) is 3.74. The van der Waals surface area contributed by atoms with E-state index < -0.39 is 0 Å². The zero-order chi connectivity index (χ0) is 16.1. The van der Waals surface area contributed by atoms with Crippen LogP contribution in [0.25, 0.3) is 0 Å². The van der Waals surface area contributed by atoms with E-state index >= 15 is 0 Å². The van der Waals surface area contributed by atoms with Gasteiger partial charge >= 0.3 is 0 Å². The van der Waals surface area contributed by atoms with Gasteiger partial charge in [0.1, 0.15) is 0 Å². The lowest BCUT2D eigenvalue weighted by molar-refractivity contribution is 0.552. The van der Waals surface area contributed by atoms with Crippen molar-refractivity contribution >= 4 is 35.1 Å². The van der Waals surface area contributed by atoms with Gasteiger partial charge in [-0.25, -0.2) is 9.98 Å². The molecule has 0 N–H and O–H groups in total. The number of benzene rings is 1. The number of anilines is 2. The molecule has 0 unspecified atom stereocenters. The van der Waals surface area contributed by atoms with Crippen LogP contribution in [0.2, 0.25) is 5.02 Å². The van der Waals surface area contributed by atoms with Gasteiger partial charge < -0.3 is 9.80 Å². The van der Waals surface area contributed by atoms with Gasteiger partial charge in [0.25, 0.3) is 0 Å². The van der Waals surface area contributed by atoms with E-state index in [2.05, 4.69) is 21.9 Å². The molecule has 1 aromatic carbocycles. The van der Waals surface area contributed by atoms with Crippen LogP contribution in [0, 0.1) is 6.92 Å². The molecule has 6 heteroatoms. The molecule has 0 aliphatic heterocycles. The van der Waals surface area contributed by atoms with E-state index in [-0.39, 0.29) is 0 Å². The minimum absolute atomic E-state index is 0.597. The monoisotopic (exact) mass is 317 g/mol. The Bertz CT molecular complexity index is 657. The number of nitrogens with zero attached hydrogens (tertiary/aromatic N) is 5. The van der Waals surface area contributed by atoms with Crippen LogP contribution in [0.1, 0.15) is 12.5 Å². The molecular formula is C16H20ClN5. The van der Waals surface area contributed by atoms with Gasteiger partial charge in [-0.3, -0.25) is 4.98 Å². The van der Waals surface area contributed by atoms with Crippen molar-refractivity contribution in [1.82, 2.24) is 14.9 Å². The predicted molar refractivity (Wildman–Crippen MR) is 92.7 cm³/mol. The number of hydrogen-bond donors (Lipinski definition) is 0.